The van der Waals surface area contributed by atoms with Gasteiger partial charge in [-0.25, -0.2) is 0 Å². The molecule has 0 aliphatic carbocycles. The number of halogens is 1. The van der Waals surface area contributed by atoms with Gasteiger partial charge in [0.05, 0.1) is 11.4 Å². The van der Waals surface area contributed by atoms with E-state index in [4.69, 9.17) is 9.47 Å². The highest BCUT2D eigenvalue weighted by Crippen LogP contribution is 2.30. The minimum Gasteiger partial charge on any atom is -0.486 e. The second-order valence-corrected chi connectivity index (χ2v) is 5.22. The summed E-state index contributed by atoms with van der Waals surface area (Å²) in [5.74, 6) is 1.47. The molecule has 0 spiro atoms. The molecule has 1 aliphatic heterocycles. The highest BCUT2D eigenvalue weighted by atomic mass is 79.9. The molecule has 0 saturated heterocycles. The third-order valence-electron chi connectivity index (χ3n) is 2.71. The summed E-state index contributed by atoms with van der Waals surface area (Å²) in [7, 11) is 0. The van der Waals surface area contributed by atoms with Crippen LogP contribution in [0.1, 0.15) is 13.3 Å². The number of amides is 1. The number of ether oxygens (including phenoxy) is 2. The quantitative estimate of drug-likeness (QED) is 0.866. The average molecular weight is 314 g/mol. The van der Waals surface area contributed by atoms with Crippen molar-refractivity contribution < 1.29 is 14.3 Å². The normalized spacial score (nSPS) is 19.1. The van der Waals surface area contributed by atoms with Gasteiger partial charge in [-0.1, -0.05) is 35.0 Å². The number of alkyl halides is 1. The third-order valence-corrected chi connectivity index (χ3v) is 3.78. The molecule has 1 aromatic rings. The first kappa shape index (κ1) is 13.2. The average Bonchev–Trinajstić information content (AvgIpc) is 2.43. The van der Waals surface area contributed by atoms with Gasteiger partial charge in [-0.05, 0) is 18.6 Å². The molecule has 2 rings (SSSR count). The van der Waals surface area contributed by atoms with Gasteiger partial charge in [0.25, 0.3) is 0 Å². The van der Waals surface area contributed by atoms with Crippen molar-refractivity contribution in [3.8, 4) is 11.5 Å². The number of benzene rings is 1. The zero-order valence-electron chi connectivity index (χ0n) is 10.2. The Balaban J connectivity index is 1.85. The first-order chi connectivity index (χ1) is 8.70. The number of para-hydroxylation sites is 2. The van der Waals surface area contributed by atoms with Crippen LogP contribution in [0.25, 0.3) is 0 Å². The molecular formula is C13H16BrNO3. The van der Waals surface area contributed by atoms with Crippen LogP contribution < -0.4 is 14.8 Å². The zero-order chi connectivity index (χ0) is 13.0. The van der Waals surface area contributed by atoms with E-state index in [0.717, 1.165) is 17.9 Å². The molecule has 5 heteroatoms. The van der Waals surface area contributed by atoms with Crippen LogP contribution in [0.4, 0.5) is 0 Å². The van der Waals surface area contributed by atoms with Crippen LogP contribution in [0.2, 0.25) is 0 Å². The lowest BCUT2D eigenvalue weighted by atomic mass is 10.2. The van der Waals surface area contributed by atoms with Crippen LogP contribution in [0.5, 0.6) is 11.5 Å². The monoisotopic (exact) mass is 313 g/mol. The van der Waals surface area contributed by atoms with Gasteiger partial charge in [-0.15, -0.1) is 0 Å². The molecule has 18 heavy (non-hydrogen) atoms. The van der Waals surface area contributed by atoms with Crippen LogP contribution in [0, 0.1) is 0 Å². The van der Waals surface area contributed by atoms with Crippen LogP contribution in [-0.4, -0.2) is 30.0 Å². The van der Waals surface area contributed by atoms with Crippen molar-refractivity contribution in [2.24, 2.45) is 0 Å². The van der Waals surface area contributed by atoms with E-state index in [9.17, 15) is 4.79 Å². The minimum atomic E-state index is -0.144. The molecular weight excluding hydrogens is 298 g/mol. The van der Waals surface area contributed by atoms with Crippen LogP contribution in [0.15, 0.2) is 24.3 Å². The summed E-state index contributed by atoms with van der Waals surface area (Å²) in [5, 5.41) is 2.84. The van der Waals surface area contributed by atoms with E-state index in [2.05, 4.69) is 21.2 Å². The fourth-order valence-corrected chi connectivity index (χ4v) is 1.84. The SMILES string of the molecule is CCC(Br)C(=O)NCC1COc2ccccc2O1. The Morgan fingerprint density at radius 1 is 1.50 bits per heavy atom. The van der Waals surface area contributed by atoms with Crippen LogP contribution in [0.3, 0.4) is 0 Å². The molecule has 1 amide bonds. The second kappa shape index (κ2) is 6.09. The molecule has 0 radical (unpaired) electrons. The molecule has 0 saturated carbocycles. The molecule has 0 aromatic heterocycles. The fraction of sp³-hybridized carbons (Fsp3) is 0.462. The van der Waals surface area contributed by atoms with Crippen molar-refractivity contribution in [2.45, 2.75) is 24.3 Å². The summed E-state index contributed by atoms with van der Waals surface area (Å²) in [6.07, 6.45) is 0.622. The van der Waals surface area contributed by atoms with E-state index < -0.39 is 0 Å². The van der Waals surface area contributed by atoms with Gasteiger partial charge >= 0.3 is 0 Å². The van der Waals surface area contributed by atoms with Gasteiger partial charge in [0.1, 0.15) is 12.7 Å². The van der Waals surface area contributed by atoms with Gasteiger partial charge < -0.3 is 14.8 Å². The summed E-state index contributed by atoms with van der Waals surface area (Å²) in [5.41, 5.74) is 0. The van der Waals surface area contributed by atoms with Crippen molar-refractivity contribution in [3.63, 3.8) is 0 Å². The minimum absolute atomic E-state index is 0.0139. The number of carbonyl (C=O) groups excluding carboxylic acids is 1. The number of rotatable bonds is 4. The van der Waals surface area contributed by atoms with E-state index in [1.54, 1.807) is 0 Å². The molecule has 1 aromatic carbocycles. The van der Waals surface area contributed by atoms with Crippen LogP contribution in [-0.2, 0) is 4.79 Å². The highest BCUT2D eigenvalue weighted by molar-refractivity contribution is 9.10. The third kappa shape index (κ3) is 3.16. The Hall–Kier alpha value is -1.23. The number of hydrogen-bond acceptors (Lipinski definition) is 3. The summed E-state index contributed by atoms with van der Waals surface area (Å²) in [4.78, 5) is 11.5. The van der Waals surface area contributed by atoms with Crippen molar-refractivity contribution >= 4 is 21.8 Å². The molecule has 0 fully saturated rings. The Labute approximate surface area is 115 Å². The van der Waals surface area contributed by atoms with Crippen molar-refractivity contribution in [2.75, 3.05) is 13.2 Å². The first-order valence-electron chi connectivity index (χ1n) is 6.01. The molecule has 1 aliphatic rings. The lowest BCUT2D eigenvalue weighted by Crippen LogP contribution is -2.42. The van der Waals surface area contributed by atoms with Gasteiger partial charge in [-0.3, -0.25) is 4.79 Å². The summed E-state index contributed by atoms with van der Waals surface area (Å²) < 4.78 is 11.3. The van der Waals surface area contributed by atoms with Crippen molar-refractivity contribution in [3.05, 3.63) is 24.3 Å². The van der Waals surface area contributed by atoms with E-state index in [1.807, 2.05) is 31.2 Å². The number of nitrogens with one attached hydrogen (secondary N) is 1. The fourth-order valence-electron chi connectivity index (χ4n) is 1.67. The van der Waals surface area contributed by atoms with E-state index in [-0.39, 0.29) is 16.8 Å². The second-order valence-electron chi connectivity index (χ2n) is 4.12. The molecule has 0 bridgehead atoms. The number of fused-ring (bicyclic) bond motifs is 1. The summed E-state index contributed by atoms with van der Waals surface area (Å²) in [6, 6.07) is 7.54. The Bertz CT molecular complexity index is 424. The van der Waals surface area contributed by atoms with Gasteiger partial charge in [0.15, 0.2) is 11.5 Å². The van der Waals surface area contributed by atoms with E-state index >= 15 is 0 Å². The lowest BCUT2D eigenvalue weighted by Gasteiger charge is -2.26. The first-order valence-corrected chi connectivity index (χ1v) is 6.92. The zero-order valence-corrected chi connectivity index (χ0v) is 11.8. The topological polar surface area (TPSA) is 47.6 Å². The van der Waals surface area contributed by atoms with Gasteiger partial charge in [0.2, 0.25) is 5.91 Å². The largest absolute Gasteiger partial charge is 0.486 e. The Morgan fingerprint density at radius 2 is 2.22 bits per heavy atom. The molecule has 1 N–H and O–H groups in total. The Morgan fingerprint density at radius 3 is 2.94 bits per heavy atom. The predicted octanol–water partition coefficient (Wildman–Crippen LogP) is 2.12. The molecule has 1 heterocycles. The lowest BCUT2D eigenvalue weighted by molar-refractivity contribution is -0.121. The Kier molecular flexibility index (Phi) is 4.47. The van der Waals surface area contributed by atoms with E-state index in [1.165, 1.54) is 0 Å². The van der Waals surface area contributed by atoms with Crippen molar-refractivity contribution in [1.82, 2.24) is 5.32 Å². The van der Waals surface area contributed by atoms with Gasteiger partial charge in [-0.2, -0.15) is 0 Å². The van der Waals surface area contributed by atoms with E-state index in [0.29, 0.717) is 13.2 Å². The molecule has 4 nitrogen and oxygen atoms in total. The number of carbonyl (C=O) groups is 1. The summed E-state index contributed by atoms with van der Waals surface area (Å²) in [6.45, 7) is 2.86. The highest BCUT2D eigenvalue weighted by Gasteiger charge is 2.22. The van der Waals surface area contributed by atoms with Crippen molar-refractivity contribution in [1.29, 1.82) is 0 Å². The number of hydrogen-bond donors (Lipinski definition) is 1. The standard InChI is InChI=1S/C13H16BrNO3/c1-2-10(14)13(16)15-7-9-8-17-11-5-3-4-6-12(11)18-9/h3-6,9-10H,2,7-8H2,1H3,(H,15,16). The molecule has 98 valence electrons. The summed E-state index contributed by atoms with van der Waals surface area (Å²) >= 11 is 3.31. The van der Waals surface area contributed by atoms with Crippen LogP contribution >= 0.6 is 15.9 Å². The molecule has 2 atom stereocenters. The van der Waals surface area contributed by atoms with Gasteiger partial charge in [0, 0.05) is 0 Å². The predicted molar refractivity (Wildman–Crippen MR) is 72.4 cm³/mol. The maximum Gasteiger partial charge on any atom is 0.233 e. The maximum atomic E-state index is 11.6. The maximum absolute atomic E-state index is 11.6. The molecule has 2 unspecified atom stereocenters. The smallest absolute Gasteiger partial charge is 0.233 e.